The Bertz CT molecular complexity index is 1310. The number of ether oxygens (including phenoxy) is 1. The molecule has 166 valence electrons. The first kappa shape index (κ1) is 23.2. The third-order valence-electron chi connectivity index (χ3n) is 4.23. The first-order valence-corrected chi connectivity index (χ1v) is 11.2. The molecular formula is C24H19N3O5S. The number of nitrogens with zero attached hydrogens (tertiary/aromatic N) is 1. The lowest BCUT2D eigenvalue weighted by Gasteiger charge is -2.08. The van der Waals surface area contributed by atoms with Gasteiger partial charge in [-0.25, -0.2) is 13.2 Å². The van der Waals surface area contributed by atoms with Gasteiger partial charge in [0.2, 0.25) is 0 Å². The van der Waals surface area contributed by atoms with Gasteiger partial charge in [-0.15, -0.1) is 0 Å². The molecule has 0 spiro atoms. The van der Waals surface area contributed by atoms with E-state index in [0.717, 1.165) is 11.0 Å². The quantitative estimate of drug-likeness (QED) is 0.492. The summed E-state index contributed by atoms with van der Waals surface area (Å²) in [6, 6.07) is 22.9. The van der Waals surface area contributed by atoms with E-state index in [9.17, 15) is 18.0 Å². The van der Waals surface area contributed by atoms with Crippen molar-refractivity contribution in [2.24, 2.45) is 0 Å². The molecule has 2 N–H and O–H groups in total. The second-order valence-electron chi connectivity index (χ2n) is 6.75. The second-order valence-corrected chi connectivity index (χ2v) is 8.32. The van der Waals surface area contributed by atoms with Crippen molar-refractivity contribution in [3.63, 3.8) is 0 Å². The smallest absolute Gasteiger partial charge is 0.338 e. The molecule has 0 aliphatic rings. The molecular weight excluding hydrogens is 442 g/mol. The molecule has 0 aromatic heterocycles. The van der Waals surface area contributed by atoms with E-state index >= 15 is 0 Å². The van der Waals surface area contributed by atoms with Gasteiger partial charge in [-0.3, -0.25) is 9.52 Å². The summed E-state index contributed by atoms with van der Waals surface area (Å²) in [6.45, 7) is -0.520. The van der Waals surface area contributed by atoms with Crippen LogP contribution in [0, 0.1) is 11.3 Å². The summed E-state index contributed by atoms with van der Waals surface area (Å²) < 4.78 is 31.8. The Kier molecular flexibility index (Phi) is 7.57. The molecule has 0 heterocycles. The molecule has 9 heteroatoms. The van der Waals surface area contributed by atoms with Crippen LogP contribution in [0.2, 0.25) is 0 Å². The third-order valence-corrected chi connectivity index (χ3v) is 5.24. The van der Waals surface area contributed by atoms with Crippen molar-refractivity contribution in [3.05, 3.63) is 101 Å². The molecule has 1 amide bonds. The number of hydrogen-bond acceptors (Lipinski definition) is 6. The zero-order valence-corrected chi connectivity index (χ0v) is 18.1. The van der Waals surface area contributed by atoms with Crippen molar-refractivity contribution < 1.29 is 22.7 Å². The van der Waals surface area contributed by atoms with E-state index < -0.39 is 28.5 Å². The summed E-state index contributed by atoms with van der Waals surface area (Å²) in [5.41, 5.74) is 1.95. The van der Waals surface area contributed by atoms with E-state index in [2.05, 4.69) is 10.0 Å². The van der Waals surface area contributed by atoms with Gasteiger partial charge in [-0.2, -0.15) is 5.26 Å². The zero-order valence-electron chi connectivity index (χ0n) is 17.3. The number of hydrogen-bond donors (Lipinski definition) is 2. The number of rotatable bonds is 8. The van der Waals surface area contributed by atoms with Crippen molar-refractivity contribution in [3.8, 4) is 6.07 Å². The minimum absolute atomic E-state index is 0.150. The monoisotopic (exact) mass is 461 g/mol. The van der Waals surface area contributed by atoms with Crippen LogP contribution < -0.4 is 10.0 Å². The molecule has 3 rings (SSSR count). The van der Waals surface area contributed by atoms with E-state index in [1.54, 1.807) is 42.5 Å². The number of carbonyl (C=O) groups is 2. The molecule has 3 aromatic carbocycles. The molecule has 0 atom stereocenters. The number of sulfonamides is 1. The average molecular weight is 461 g/mol. The first-order chi connectivity index (χ1) is 15.8. The maximum atomic E-state index is 12.2. The predicted molar refractivity (Wildman–Crippen MR) is 125 cm³/mol. The van der Waals surface area contributed by atoms with Crippen molar-refractivity contribution in [2.75, 3.05) is 16.6 Å². The number of amides is 1. The molecule has 3 aromatic rings. The van der Waals surface area contributed by atoms with E-state index in [0.29, 0.717) is 11.3 Å². The number of benzene rings is 3. The van der Waals surface area contributed by atoms with Gasteiger partial charge >= 0.3 is 5.97 Å². The van der Waals surface area contributed by atoms with Crippen LogP contribution in [0.15, 0.2) is 84.3 Å². The summed E-state index contributed by atoms with van der Waals surface area (Å²) in [5.74, 6) is -1.30. The number of carbonyl (C=O) groups excluding carboxylic acids is 2. The van der Waals surface area contributed by atoms with Crippen molar-refractivity contribution >= 4 is 39.4 Å². The van der Waals surface area contributed by atoms with Crippen LogP contribution in [0.5, 0.6) is 0 Å². The fourth-order valence-corrected chi connectivity index (χ4v) is 3.55. The molecule has 0 aliphatic heterocycles. The average Bonchev–Trinajstić information content (AvgIpc) is 2.82. The Balaban J connectivity index is 1.52. The third kappa shape index (κ3) is 7.34. The highest BCUT2D eigenvalue weighted by Gasteiger charge is 2.12. The Hall–Kier alpha value is -4.42. The highest BCUT2D eigenvalue weighted by molar-refractivity contribution is 7.95. The van der Waals surface area contributed by atoms with Crippen molar-refractivity contribution in [1.29, 1.82) is 5.26 Å². The number of anilines is 2. The van der Waals surface area contributed by atoms with E-state index in [1.165, 1.54) is 36.4 Å². The minimum Gasteiger partial charge on any atom is -0.452 e. The van der Waals surface area contributed by atoms with Gasteiger partial charge in [0, 0.05) is 11.4 Å². The lowest BCUT2D eigenvalue weighted by atomic mass is 10.2. The molecule has 0 radical (unpaired) electrons. The molecule has 0 bridgehead atoms. The minimum atomic E-state index is -3.74. The summed E-state index contributed by atoms with van der Waals surface area (Å²) >= 11 is 0. The van der Waals surface area contributed by atoms with E-state index in [-0.39, 0.29) is 11.3 Å². The van der Waals surface area contributed by atoms with Gasteiger partial charge in [0.15, 0.2) is 6.61 Å². The lowest BCUT2D eigenvalue weighted by molar-refractivity contribution is -0.119. The highest BCUT2D eigenvalue weighted by atomic mass is 32.2. The van der Waals surface area contributed by atoms with Gasteiger partial charge in [-0.05, 0) is 54.1 Å². The van der Waals surface area contributed by atoms with Crippen LogP contribution in [0.4, 0.5) is 11.4 Å². The van der Waals surface area contributed by atoms with Crippen LogP contribution in [-0.4, -0.2) is 26.9 Å². The fourth-order valence-electron chi connectivity index (χ4n) is 2.68. The summed E-state index contributed by atoms with van der Waals surface area (Å²) in [5, 5.41) is 12.5. The Morgan fingerprint density at radius 1 is 0.939 bits per heavy atom. The zero-order chi connectivity index (χ0) is 23.7. The van der Waals surface area contributed by atoms with Gasteiger partial charge in [0.25, 0.3) is 15.9 Å². The van der Waals surface area contributed by atoms with Gasteiger partial charge in [0.05, 0.1) is 22.6 Å². The summed E-state index contributed by atoms with van der Waals surface area (Å²) in [4.78, 5) is 24.1. The van der Waals surface area contributed by atoms with E-state index in [4.69, 9.17) is 10.00 Å². The van der Waals surface area contributed by atoms with Gasteiger partial charge < -0.3 is 10.1 Å². The molecule has 33 heavy (non-hydrogen) atoms. The van der Waals surface area contributed by atoms with Crippen LogP contribution in [-0.2, 0) is 19.6 Å². The molecule has 0 saturated heterocycles. The van der Waals surface area contributed by atoms with E-state index in [1.807, 2.05) is 12.1 Å². The molecule has 0 aliphatic carbocycles. The standard InChI is InChI=1S/C24H19N3O5S/c25-16-19-7-4-8-22(15-19)26-23(28)17-32-24(29)20-9-11-21(12-10-20)27-33(30,31)14-13-18-5-2-1-3-6-18/h1-15,27H,17H2,(H,26,28). The second kappa shape index (κ2) is 10.7. The maximum absolute atomic E-state index is 12.2. The Morgan fingerprint density at radius 3 is 2.36 bits per heavy atom. The maximum Gasteiger partial charge on any atom is 0.338 e. The molecule has 0 fully saturated rings. The van der Waals surface area contributed by atoms with Crippen LogP contribution in [0.3, 0.4) is 0 Å². The summed E-state index contributed by atoms with van der Waals surface area (Å²) in [7, 11) is -3.74. The topological polar surface area (TPSA) is 125 Å². The Labute approximate surface area is 191 Å². The predicted octanol–water partition coefficient (Wildman–Crippen LogP) is 3.77. The number of nitriles is 1. The van der Waals surface area contributed by atoms with Crippen LogP contribution >= 0.6 is 0 Å². The van der Waals surface area contributed by atoms with Crippen LogP contribution in [0.1, 0.15) is 21.5 Å². The van der Waals surface area contributed by atoms with Gasteiger partial charge in [-0.1, -0.05) is 36.4 Å². The molecule has 0 saturated carbocycles. The fraction of sp³-hybridized carbons (Fsp3) is 0.0417. The van der Waals surface area contributed by atoms with Crippen LogP contribution in [0.25, 0.3) is 6.08 Å². The SMILES string of the molecule is N#Cc1cccc(NC(=O)COC(=O)c2ccc(NS(=O)(=O)C=Cc3ccccc3)cc2)c1. The largest absolute Gasteiger partial charge is 0.452 e. The highest BCUT2D eigenvalue weighted by Crippen LogP contribution is 2.14. The van der Waals surface area contributed by atoms with Crippen molar-refractivity contribution in [2.45, 2.75) is 0 Å². The molecule has 0 unspecified atom stereocenters. The lowest BCUT2D eigenvalue weighted by Crippen LogP contribution is -2.21. The van der Waals surface area contributed by atoms with Gasteiger partial charge in [0.1, 0.15) is 0 Å². The number of esters is 1. The van der Waals surface area contributed by atoms with Crippen molar-refractivity contribution in [1.82, 2.24) is 0 Å². The molecule has 8 nitrogen and oxygen atoms in total. The number of nitrogens with one attached hydrogen (secondary N) is 2. The first-order valence-electron chi connectivity index (χ1n) is 9.68. The Morgan fingerprint density at radius 2 is 1.67 bits per heavy atom. The summed E-state index contributed by atoms with van der Waals surface area (Å²) in [6.07, 6.45) is 1.47. The normalized spacial score (nSPS) is 10.9.